The molecule has 0 spiro atoms. The Balaban J connectivity index is 2.13. The maximum Gasteiger partial charge on any atom is 0.136 e. The number of hydrogen-bond acceptors (Lipinski definition) is 1. The molecular formula is C14H16Cl2O. The predicted molar refractivity (Wildman–Crippen MR) is 71.7 cm³/mol. The summed E-state index contributed by atoms with van der Waals surface area (Å²) in [5, 5.41) is 1.40. The van der Waals surface area contributed by atoms with Crippen molar-refractivity contribution >= 4 is 29.0 Å². The molecule has 1 aromatic rings. The van der Waals surface area contributed by atoms with Gasteiger partial charge in [0.1, 0.15) is 5.78 Å². The minimum Gasteiger partial charge on any atom is -0.299 e. The van der Waals surface area contributed by atoms with Crippen LogP contribution in [0.5, 0.6) is 0 Å². The lowest BCUT2D eigenvalue weighted by atomic mass is 9.91. The minimum absolute atomic E-state index is 0.133. The summed E-state index contributed by atoms with van der Waals surface area (Å²) in [4.78, 5) is 11.9. The summed E-state index contributed by atoms with van der Waals surface area (Å²) in [6, 6.07) is 5.46. The van der Waals surface area contributed by atoms with Crippen LogP contribution in [0.3, 0.4) is 0 Å². The van der Waals surface area contributed by atoms with Gasteiger partial charge in [-0.3, -0.25) is 4.79 Å². The van der Waals surface area contributed by atoms with Crippen LogP contribution in [0.15, 0.2) is 18.2 Å². The van der Waals surface area contributed by atoms with Gasteiger partial charge in [0, 0.05) is 22.4 Å². The van der Waals surface area contributed by atoms with Gasteiger partial charge in [0.25, 0.3) is 0 Å². The van der Waals surface area contributed by atoms with Crippen LogP contribution in [0, 0.1) is 5.92 Å². The van der Waals surface area contributed by atoms with Crippen molar-refractivity contribution in [2.45, 2.75) is 38.5 Å². The average Bonchev–Trinajstić information content (AvgIpc) is 2.50. The fourth-order valence-electron chi connectivity index (χ4n) is 2.41. The molecule has 17 heavy (non-hydrogen) atoms. The van der Waals surface area contributed by atoms with Gasteiger partial charge in [-0.05, 0) is 43.0 Å². The minimum atomic E-state index is 0.133. The van der Waals surface area contributed by atoms with Gasteiger partial charge in [-0.2, -0.15) is 0 Å². The van der Waals surface area contributed by atoms with Crippen molar-refractivity contribution < 1.29 is 4.79 Å². The summed E-state index contributed by atoms with van der Waals surface area (Å²) < 4.78 is 0. The molecule has 0 N–H and O–H groups in total. The molecule has 1 nitrogen and oxygen atoms in total. The predicted octanol–water partition coefficient (Wildman–Crippen LogP) is 4.69. The molecule has 0 saturated heterocycles. The number of ketones is 1. The molecular weight excluding hydrogens is 255 g/mol. The molecule has 0 aromatic heterocycles. The molecule has 1 unspecified atom stereocenters. The number of benzene rings is 1. The second-order valence-corrected chi connectivity index (χ2v) is 5.55. The van der Waals surface area contributed by atoms with Crippen molar-refractivity contribution in [3.05, 3.63) is 33.8 Å². The van der Waals surface area contributed by atoms with E-state index in [0.717, 1.165) is 37.7 Å². The zero-order valence-electron chi connectivity index (χ0n) is 9.72. The number of Topliss-reactive ketones (excluding diaryl/α,β-unsaturated/α-hetero) is 1. The van der Waals surface area contributed by atoms with Crippen LogP contribution >= 0.6 is 23.2 Å². The summed E-state index contributed by atoms with van der Waals surface area (Å²) >= 11 is 12.1. The third kappa shape index (κ3) is 3.46. The van der Waals surface area contributed by atoms with Gasteiger partial charge in [0.05, 0.1) is 0 Å². The zero-order valence-corrected chi connectivity index (χ0v) is 11.2. The summed E-state index contributed by atoms with van der Waals surface area (Å²) in [7, 11) is 0. The van der Waals surface area contributed by atoms with E-state index in [1.165, 1.54) is 6.42 Å². The summed E-state index contributed by atoms with van der Waals surface area (Å²) in [5.74, 6) is 0.520. The highest BCUT2D eigenvalue weighted by atomic mass is 35.5. The first-order valence-corrected chi connectivity index (χ1v) is 6.89. The second-order valence-electron chi connectivity index (χ2n) is 4.70. The Labute approximate surface area is 112 Å². The van der Waals surface area contributed by atoms with Crippen molar-refractivity contribution in [3.63, 3.8) is 0 Å². The molecule has 1 aliphatic rings. The average molecular weight is 271 g/mol. The molecule has 1 aliphatic carbocycles. The van der Waals surface area contributed by atoms with E-state index in [4.69, 9.17) is 23.2 Å². The summed E-state index contributed by atoms with van der Waals surface area (Å²) in [6.45, 7) is 0. The van der Waals surface area contributed by atoms with Crippen LogP contribution < -0.4 is 0 Å². The van der Waals surface area contributed by atoms with Crippen LogP contribution in [0.1, 0.15) is 37.7 Å². The molecule has 2 rings (SSSR count). The van der Waals surface area contributed by atoms with Gasteiger partial charge in [-0.25, -0.2) is 0 Å². The van der Waals surface area contributed by atoms with Crippen molar-refractivity contribution in [3.8, 4) is 0 Å². The molecule has 0 aliphatic heterocycles. The zero-order chi connectivity index (χ0) is 12.3. The van der Waals surface area contributed by atoms with E-state index in [0.29, 0.717) is 15.8 Å². The lowest BCUT2D eigenvalue weighted by Crippen LogP contribution is -2.15. The number of carbonyl (C=O) groups excluding carboxylic acids is 1. The molecule has 0 heterocycles. The van der Waals surface area contributed by atoms with Crippen molar-refractivity contribution in [1.29, 1.82) is 0 Å². The smallest absolute Gasteiger partial charge is 0.136 e. The molecule has 1 aromatic carbocycles. The Kier molecular flexibility index (Phi) is 4.47. The van der Waals surface area contributed by atoms with Crippen molar-refractivity contribution in [2.75, 3.05) is 0 Å². The largest absolute Gasteiger partial charge is 0.299 e. The van der Waals surface area contributed by atoms with Crippen LogP contribution in [0.4, 0.5) is 0 Å². The SMILES string of the molecule is O=C1CCCCCC1Cc1cc(Cl)ccc1Cl. The fourth-order valence-corrected chi connectivity index (χ4v) is 2.80. The molecule has 0 radical (unpaired) electrons. The van der Waals surface area contributed by atoms with Crippen LogP contribution in [0.2, 0.25) is 10.0 Å². The molecule has 1 atom stereocenters. The Morgan fingerprint density at radius 3 is 2.82 bits per heavy atom. The number of carbonyl (C=O) groups is 1. The van der Waals surface area contributed by atoms with Gasteiger partial charge >= 0.3 is 0 Å². The monoisotopic (exact) mass is 270 g/mol. The summed E-state index contributed by atoms with van der Waals surface area (Å²) in [6.07, 6.45) is 5.81. The van der Waals surface area contributed by atoms with E-state index in [1.54, 1.807) is 12.1 Å². The highest BCUT2D eigenvalue weighted by molar-refractivity contribution is 6.33. The van der Waals surface area contributed by atoms with E-state index >= 15 is 0 Å². The van der Waals surface area contributed by atoms with Gasteiger partial charge < -0.3 is 0 Å². The molecule has 1 saturated carbocycles. The van der Waals surface area contributed by atoms with E-state index in [1.807, 2.05) is 6.07 Å². The van der Waals surface area contributed by atoms with Crippen LogP contribution in [0.25, 0.3) is 0 Å². The van der Waals surface area contributed by atoms with Crippen molar-refractivity contribution in [2.24, 2.45) is 5.92 Å². The van der Waals surface area contributed by atoms with Gasteiger partial charge in [-0.1, -0.05) is 36.0 Å². The molecule has 1 fully saturated rings. The Morgan fingerprint density at radius 2 is 2.00 bits per heavy atom. The topological polar surface area (TPSA) is 17.1 Å². The lowest BCUT2D eigenvalue weighted by molar-refractivity contribution is -0.122. The van der Waals surface area contributed by atoms with Crippen LogP contribution in [-0.4, -0.2) is 5.78 Å². The van der Waals surface area contributed by atoms with E-state index in [9.17, 15) is 4.79 Å². The Hall–Kier alpha value is -0.530. The van der Waals surface area contributed by atoms with Gasteiger partial charge in [0.15, 0.2) is 0 Å². The lowest BCUT2D eigenvalue weighted by Gasteiger charge is -2.14. The third-order valence-electron chi connectivity index (χ3n) is 3.41. The highest BCUT2D eigenvalue weighted by Gasteiger charge is 2.21. The Morgan fingerprint density at radius 1 is 1.18 bits per heavy atom. The normalized spacial score (nSPS) is 21.3. The first-order valence-electron chi connectivity index (χ1n) is 6.13. The molecule has 0 amide bonds. The molecule has 0 bridgehead atoms. The molecule has 92 valence electrons. The first-order chi connectivity index (χ1) is 8.16. The van der Waals surface area contributed by atoms with Gasteiger partial charge in [-0.15, -0.1) is 0 Å². The number of halogens is 2. The highest BCUT2D eigenvalue weighted by Crippen LogP contribution is 2.28. The van der Waals surface area contributed by atoms with Crippen molar-refractivity contribution in [1.82, 2.24) is 0 Å². The third-order valence-corrected chi connectivity index (χ3v) is 4.01. The standard InChI is InChI=1S/C14H16Cl2O/c15-12-6-7-13(16)11(9-12)8-10-4-2-1-3-5-14(10)17/h6-7,9-10H,1-5,8H2. The molecule has 3 heteroatoms. The Bertz CT molecular complexity index is 415. The quantitative estimate of drug-likeness (QED) is 0.713. The number of rotatable bonds is 2. The van der Waals surface area contributed by atoms with E-state index in [2.05, 4.69) is 0 Å². The fraction of sp³-hybridized carbons (Fsp3) is 0.500. The maximum absolute atomic E-state index is 11.9. The number of hydrogen-bond donors (Lipinski definition) is 0. The van der Waals surface area contributed by atoms with E-state index < -0.39 is 0 Å². The summed E-state index contributed by atoms with van der Waals surface area (Å²) in [5.41, 5.74) is 0.999. The van der Waals surface area contributed by atoms with Crippen LogP contribution in [-0.2, 0) is 11.2 Å². The van der Waals surface area contributed by atoms with E-state index in [-0.39, 0.29) is 5.92 Å². The maximum atomic E-state index is 11.9. The second kappa shape index (κ2) is 5.88. The first kappa shape index (κ1) is 12.9. The van der Waals surface area contributed by atoms with Gasteiger partial charge in [0.2, 0.25) is 0 Å².